The van der Waals surface area contributed by atoms with Crippen molar-refractivity contribution in [3.8, 4) is 17.3 Å². The maximum absolute atomic E-state index is 12.7. The van der Waals surface area contributed by atoms with Crippen LogP contribution in [0, 0.1) is 11.3 Å². The fourth-order valence-electron chi connectivity index (χ4n) is 3.17. The summed E-state index contributed by atoms with van der Waals surface area (Å²) in [5.74, 6) is -0.473. The fraction of sp³-hybridized carbons (Fsp3) is 0. The van der Waals surface area contributed by atoms with Crippen LogP contribution in [0.1, 0.15) is 5.56 Å². The zero-order valence-corrected chi connectivity index (χ0v) is 16.1. The SMILES string of the molecule is N#C/C(=C\c1c(-c2ccccc2)[nH]c2ccccc12)C(=O)Nc1ccc(Cl)cc1. The molecule has 1 heterocycles. The summed E-state index contributed by atoms with van der Waals surface area (Å²) in [6, 6.07) is 26.4. The van der Waals surface area contributed by atoms with Gasteiger partial charge in [-0.3, -0.25) is 4.79 Å². The number of hydrogen-bond acceptors (Lipinski definition) is 2. The molecule has 3 aromatic carbocycles. The number of rotatable bonds is 4. The number of hydrogen-bond donors (Lipinski definition) is 2. The van der Waals surface area contributed by atoms with Crippen LogP contribution < -0.4 is 5.32 Å². The number of fused-ring (bicyclic) bond motifs is 1. The van der Waals surface area contributed by atoms with Gasteiger partial charge in [0.2, 0.25) is 0 Å². The minimum Gasteiger partial charge on any atom is -0.354 e. The van der Waals surface area contributed by atoms with Crippen LogP contribution in [-0.4, -0.2) is 10.9 Å². The van der Waals surface area contributed by atoms with E-state index in [1.54, 1.807) is 30.3 Å². The minimum absolute atomic E-state index is 0.0156. The summed E-state index contributed by atoms with van der Waals surface area (Å²) in [6.07, 6.45) is 1.63. The summed E-state index contributed by atoms with van der Waals surface area (Å²) in [5.41, 5.74) is 4.16. The van der Waals surface area contributed by atoms with Gasteiger partial charge in [-0.2, -0.15) is 5.26 Å². The molecule has 4 nitrogen and oxygen atoms in total. The monoisotopic (exact) mass is 397 g/mol. The van der Waals surface area contributed by atoms with Crippen molar-refractivity contribution >= 4 is 40.2 Å². The van der Waals surface area contributed by atoms with E-state index < -0.39 is 5.91 Å². The van der Waals surface area contributed by atoms with Crippen molar-refractivity contribution in [2.75, 3.05) is 5.32 Å². The highest BCUT2D eigenvalue weighted by atomic mass is 35.5. The first-order chi connectivity index (χ1) is 14.2. The molecule has 0 atom stereocenters. The summed E-state index contributed by atoms with van der Waals surface area (Å²) in [5, 5.41) is 13.9. The second-order valence-corrected chi connectivity index (χ2v) is 6.89. The zero-order chi connectivity index (χ0) is 20.2. The van der Waals surface area contributed by atoms with E-state index in [2.05, 4.69) is 10.3 Å². The number of aromatic nitrogens is 1. The van der Waals surface area contributed by atoms with E-state index in [1.165, 1.54) is 0 Å². The second-order valence-electron chi connectivity index (χ2n) is 6.46. The first-order valence-corrected chi connectivity index (χ1v) is 9.38. The Bertz CT molecular complexity index is 1250. The van der Waals surface area contributed by atoms with Crippen molar-refractivity contribution in [1.29, 1.82) is 5.26 Å². The molecule has 1 aromatic heterocycles. The van der Waals surface area contributed by atoms with Gasteiger partial charge in [-0.05, 0) is 42.0 Å². The molecule has 0 unspecified atom stereocenters. The highest BCUT2D eigenvalue weighted by Crippen LogP contribution is 2.32. The molecule has 1 amide bonds. The van der Waals surface area contributed by atoms with Gasteiger partial charge in [0.25, 0.3) is 5.91 Å². The Balaban J connectivity index is 1.78. The van der Waals surface area contributed by atoms with E-state index in [4.69, 9.17) is 11.6 Å². The molecular weight excluding hydrogens is 382 g/mol. The lowest BCUT2D eigenvalue weighted by atomic mass is 10.0. The average Bonchev–Trinajstić information content (AvgIpc) is 3.12. The fourth-order valence-corrected chi connectivity index (χ4v) is 3.30. The maximum atomic E-state index is 12.7. The van der Waals surface area contributed by atoms with Crippen LogP contribution >= 0.6 is 11.6 Å². The molecule has 2 N–H and O–H groups in total. The molecule has 0 aliphatic carbocycles. The Labute approximate surface area is 173 Å². The Morgan fingerprint density at radius 1 is 0.966 bits per heavy atom. The molecule has 4 rings (SSSR count). The van der Waals surface area contributed by atoms with Crippen LogP contribution in [0.2, 0.25) is 5.02 Å². The smallest absolute Gasteiger partial charge is 0.266 e. The molecule has 0 aliphatic heterocycles. The highest BCUT2D eigenvalue weighted by molar-refractivity contribution is 6.30. The third kappa shape index (κ3) is 3.91. The van der Waals surface area contributed by atoms with E-state index in [-0.39, 0.29) is 5.57 Å². The number of nitriles is 1. The molecule has 0 aliphatic rings. The lowest BCUT2D eigenvalue weighted by molar-refractivity contribution is -0.112. The third-order valence-electron chi connectivity index (χ3n) is 4.56. The van der Waals surface area contributed by atoms with Crippen LogP contribution in [0.25, 0.3) is 28.2 Å². The van der Waals surface area contributed by atoms with Gasteiger partial charge < -0.3 is 10.3 Å². The summed E-state index contributed by atoms with van der Waals surface area (Å²) in [4.78, 5) is 16.1. The number of anilines is 1. The Kier molecular flexibility index (Phi) is 5.15. The van der Waals surface area contributed by atoms with E-state index >= 15 is 0 Å². The Hall–Kier alpha value is -3.81. The Morgan fingerprint density at radius 3 is 2.38 bits per heavy atom. The number of aromatic amines is 1. The molecule has 29 heavy (non-hydrogen) atoms. The average molecular weight is 398 g/mol. The second kappa shape index (κ2) is 8.05. The van der Waals surface area contributed by atoms with Gasteiger partial charge in [0, 0.05) is 27.2 Å². The number of benzene rings is 3. The van der Waals surface area contributed by atoms with E-state index in [1.807, 2.05) is 60.7 Å². The summed E-state index contributed by atoms with van der Waals surface area (Å²) >= 11 is 5.88. The topological polar surface area (TPSA) is 68.7 Å². The van der Waals surface area contributed by atoms with Crippen molar-refractivity contribution < 1.29 is 4.79 Å². The van der Waals surface area contributed by atoms with E-state index in [9.17, 15) is 10.1 Å². The van der Waals surface area contributed by atoms with Crippen molar-refractivity contribution in [1.82, 2.24) is 4.98 Å². The first-order valence-electron chi connectivity index (χ1n) is 9.00. The highest BCUT2D eigenvalue weighted by Gasteiger charge is 2.15. The molecule has 4 aromatic rings. The van der Waals surface area contributed by atoms with Crippen molar-refractivity contribution in [2.24, 2.45) is 0 Å². The minimum atomic E-state index is -0.473. The third-order valence-corrected chi connectivity index (χ3v) is 4.82. The van der Waals surface area contributed by atoms with Gasteiger partial charge in [-0.1, -0.05) is 60.1 Å². The zero-order valence-electron chi connectivity index (χ0n) is 15.3. The number of amides is 1. The van der Waals surface area contributed by atoms with Crippen LogP contribution in [0.4, 0.5) is 5.69 Å². The maximum Gasteiger partial charge on any atom is 0.266 e. The molecular formula is C24H16ClN3O. The molecule has 0 saturated heterocycles. The number of H-pyrrole nitrogens is 1. The molecule has 0 radical (unpaired) electrons. The van der Waals surface area contributed by atoms with Crippen molar-refractivity contribution in [2.45, 2.75) is 0 Å². The Morgan fingerprint density at radius 2 is 1.66 bits per heavy atom. The van der Waals surface area contributed by atoms with Gasteiger partial charge in [-0.25, -0.2) is 0 Å². The van der Waals surface area contributed by atoms with Crippen molar-refractivity contribution in [3.63, 3.8) is 0 Å². The van der Waals surface area contributed by atoms with Gasteiger partial charge >= 0.3 is 0 Å². The largest absolute Gasteiger partial charge is 0.354 e. The first kappa shape index (κ1) is 18.5. The molecule has 0 bridgehead atoms. The van der Waals surface area contributed by atoms with Crippen LogP contribution in [-0.2, 0) is 4.79 Å². The molecule has 5 heteroatoms. The molecule has 0 saturated carbocycles. The summed E-state index contributed by atoms with van der Waals surface area (Å²) < 4.78 is 0. The van der Waals surface area contributed by atoms with E-state index in [0.29, 0.717) is 10.7 Å². The number of halogens is 1. The van der Waals surface area contributed by atoms with Gasteiger partial charge in [-0.15, -0.1) is 0 Å². The van der Waals surface area contributed by atoms with Crippen molar-refractivity contribution in [3.05, 3.63) is 95.0 Å². The van der Waals surface area contributed by atoms with Gasteiger partial charge in [0.15, 0.2) is 0 Å². The number of carbonyl (C=O) groups excluding carboxylic acids is 1. The van der Waals surface area contributed by atoms with Gasteiger partial charge in [0.05, 0.1) is 5.69 Å². The van der Waals surface area contributed by atoms with Crippen LogP contribution in [0.3, 0.4) is 0 Å². The molecule has 0 fully saturated rings. The predicted octanol–water partition coefficient (Wildman–Crippen LogP) is 6.03. The number of para-hydroxylation sites is 1. The normalized spacial score (nSPS) is 11.2. The van der Waals surface area contributed by atoms with Crippen LogP contribution in [0.15, 0.2) is 84.4 Å². The number of nitrogens with zero attached hydrogens (tertiary/aromatic N) is 1. The van der Waals surface area contributed by atoms with E-state index in [0.717, 1.165) is 27.7 Å². The lowest BCUT2D eigenvalue weighted by Gasteiger charge is -2.05. The standard InChI is InChI=1S/C24H16ClN3O/c25-18-10-12-19(13-11-18)27-24(29)17(15-26)14-21-20-8-4-5-9-22(20)28-23(21)16-6-2-1-3-7-16/h1-14,28H,(H,27,29)/b17-14+. The van der Waals surface area contributed by atoms with Gasteiger partial charge in [0.1, 0.15) is 11.6 Å². The lowest BCUT2D eigenvalue weighted by Crippen LogP contribution is -2.13. The number of nitrogens with one attached hydrogen (secondary N) is 2. The predicted molar refractivity (Wildman–Crippen MR) is 117 cm³/mol. The quantitative estimate of drug-likeness (QED) is 0.326. The number of carbonyl (C=O) groups is 1. The molecule has 140 valence electrons. The molecule has 0 spiro atoms. The summed E-state index contributed by atoms with van der Waals surface area (Å²) in [7, 11) is 0. The summed E-state index contributed by atoms with van der Waals surface area (Å²) in [6.45, 7) is 0. The van der Waals surface area contributed by atoms with Crippen LogP contribution in [0.5, 0.6) is 0 Å².